The molecule has 0 bridgehead atoms. The number of pyridine rings is 1. The second-order valence-electron chi connectivity index (χ2n) is 2.29. The summed E-state index contributed by atoms with van der Waals surface area (Å²) < 4.78 is 0. The van der Waals surface area contributed by atoms with E-state index in [1.807, 2.05) is 0 Å². The van der Waals surface area contributed by atoms with Crippen molar-refractivity contribution in [3.8, 4) is 6.07 Å². The predicted molar refractivity (Wildman–Crippen MR) is 43.0 cm³/mol. The van der Waals surface area contributed by atoms with Crippen molar-refractivity contribution in [2.75, 3.05) is 0 Å². The van der Waals surface area contributed by atoms with Gasteiger partial charge >= 0.3 is 11.4 Å². The molecule has 66 valence electrons. The summed E-state index contributed by atoms with van der Waals surface area (Å²) in [6.45, 7) is 0. The Labute approximate surface area is 72.6 Å². The molecule has 0 saturated carbocycles. The van der Waals surface area contributed by atoms with Crippen LogP contribution in [0.5, 0.6) is 0 Å². The zero-order valence-corrected chi connectivity index (χ0v) is 6.48. The fraction of sp³-hybridized carbons (Fsp3) is 0.143. The van der Waals surface area contributed by atoms with Gasteiger partial charge in [0.1, 0.15) is 0 Å². The second kappa shape index (κ2) is 3.49. The third-order valence-corrected chi connectivity index (χ3v) is 1.44. The van der Waals surface area contributed by atoms with Crippen LogP contribution >= 0.6 is 0 Å². The molecule has 0 aromatic carbocycles. The van der Waals surface area contributed by atoms with Crippen molar-refractivity contribution in [1.82, 2.24) is 4.98 Å². The summed E-state index contributed by atoms with van der Waals surface area (Å²) >= 11 is 0. The van der Waals surface area contributed by atoms with E-state index in [9.17, 15) is 14.9 Å². The minimum Gasteiger partial charge on any atom is -0.358 e. The van der Waals surface area contributed by atoms with Crippen LogP contribution < -0.4 is 5.56 Å². The van der Waals surface area contributed by atoms with Crippen LogP contribution in [-0.4, -0.2) is 9.91 Å². The molecule has 13 heavy (non-hydrogen) atoms. The van der Waals surface area contributed by atoms with Crippen LogP contribution in [0.25, 0.3) is 0 Å². The summed E-state index contributed by atoms with van der Waals surface area (Å²) in [6, 6.07) is 4.22. The fourth-order valence-electron chi connectivity index (χ4n) is 0.824. The first-order valence-electron chi connectivity index (χ1n) is 3.38. The average molecular weight is 179 g/mol. The Kier molecular flexibility index (Phi) is 2.40. The number of nitriles is 1. The van der Waals surface area contributed by atoms with Crippen molar-refractivity contribution in [1.29, 1.82) is 5.26 Å². The Morgan fingerprint density at radius 1 is 1.62 bits per heavy atom. The molecule has 1 N–H and O–H groups in total. The number of nitrogens with one attached hydrogen (secondary N) is 1. The molecule has 1 aromatic rings. The van der Waals surface area contributed by atoms with Crippen molar-refractivity contribution in [2.45, 2.75) is 6.42 Å². The van der Waals surface area contributed by atoms with E-state index in [4.69, 9.17) is 5.26 Å². The topological polar surface area (TPSA) is 99.8 Å². The Morgan fingerprint density at radius 2 is 2.31 bits per heavy atom. The molecule has 0 amide bonds. The summed E-state index contributed by atoms with van der Waals surface area (Å²) in [5, 5.41) is 18.5. The van der Waals surface area contributed by atoms with Gasteiger partial charge in [-0.3, -0.25) is 0 Å². The smallest absolute Gasteiger partial charge is 0.336 e. The average Bonchev–Trinajstić information content (AvgIpc) is 2.08. The molecular formula is C7H5N3O3. The van der Waals surface area contributed by atoms with Crippen molar-refractivity contribution in [3.05, 3.63) is 38.2 Å². The minimum absolute atomic E-state index is 0.0483. The Morgan fingerprint density at radius 3 is 2.77 bits per heavy atom. The molecule has 0 spiro atoms. The molecule has 0 radical (unpaired) electrons. The Hall–Kier alpha value is -2.16. The second-order valence-corrected chi connectivity index (χ2v) is 2.29. The SMILES string of the molecule is N#CCc1ccc([N+](=O)[O-])[nH]c1=O. The van der Waals surface area contributed by atoms with E-state index in [1.165, 1.54) is 6.07 Å². The standard InChI is InChI=1S/C7H5N3O3/c8-4-3-5-1-2-6(10(12)13)9-7(5)11/h1-2H,3H2,(H,9,11). The first-order valence-corrected chi connectivity index (χ1v) is 3.38. The van der Waals surface area contributed by atoms with Gasteiger partial charge < -0.3 is 10.1 Å². The predicted octanol–water partition coefficient (Wildman–Crippen LogP) is 0.349. The molecule has 0 unspecified atom stereocenters. The number of nitrogens with zero attached hydrogens (tertiary/aromatic N) is 2. The fourth-order valence-corrected chi connectivity index (χ4v) is 0.824. The molecule has 6 nitrogen and oxygen atoms in total. The molecule has 0 saturated heterocycles. The highest BCUT2D eigenvalue weighted by Crippen LogP contribution is 2.03. The molecule has 1 rings (SSSR count). The van der Waals surface area contributed by atoms with Gasteiger partial charge in [-0.05, 0) is 11.0 Å². The summed E-state index contributed by atoms with van der Waals surface area (Å²) in [6.07, 6.45) is -0.0483. The van der Waals surface area contributed by atoms with E-state index >= 15 is 0 Å². The number of H-pyrrole nitrogens is 1. The first-order chi connectivity index (χ1) is 6.15. The molecule has 0 atom stereocenters. The highest BCUT2D eigenvalue weighted by atomic mass is 16.6. The number of aromatic amines is 1. The van der Waals surface area contributed by atoms with Crippen LogP contribution in [0.3, 0.4) is 0 Å². The zero-order valence-electron chi connectivity index (χ0n) is 6.48. The lowest BCUT2D eigenvalue weighted by Crippen LogP contribution is -2.13. The molecule has 0 aliphatic carbocycles. The summed E-state index contributed by atoms with van der Waals surface area (Å²) in [5.74, 6) is -0.369. The summed E-state index contributed by atoms with van der Waals surface area (Å²) in [7, 11) is 0. The van der Waals surface area contributed by atoms with Crippen molar-refractivity contribution in [3.63, 3.8) is 0 Å². The molecule has 0 aliphatic rings. The molecular weight excluding hydrogens is 174 g/mol. The van der Waals surface area contributed by atoms with Gasteiger partial charge in [0.25, 0.3) is 0 Å². The van der Waals surface area contributed by atoms with Gasteiger partial charge in [0, 0.05) is 6.07 Å². The van der Waals surface area contributed by atoms with Gasteiger partial charge in [0.15, 0.2) is 0 Å². The molecule has 1 heterocycles. The number of hydrogen-bond acceptors (Lipinski definition) is 4. The number of rotatable bonds is 2. The van der Waals surface area contributed by atoms with Crippen LogP contribution in [0.15, 0.2) is 16.9 Å². The molecule has 0 aliphatic heterocycles. The van der Waals surface area contributed by atoms with Gasteiger partial charge in [-0.15, -0.1) is 0 Å². The minimum atomic E-state index is -0.697. The summed E-state index contributed by atoms with van der Waals surface area (Å²) in [4.78, 5) is 22.6. The number of aromatic nitrogens is 1. The number of hydrogen-bond donors (Lipinski definition) is 1. The monoisotopic (exact) mass is 179 g/mol. The van der Waals surface area contributed by atoms with Crippen LogP contribution in [0.1, 0.15) is 5.56 Å². The lowest BCUT2D eigenvalue weighted by Gasteiger charge is -1.93. The van der Waals surface area contributed by atoms with Crippen LogP contribution in [0.4, 0.5) is 5.82 Å². The van der Waals surface area contributed by atoms with E-state index in [2.05, 4.69) is 4.98 Å². The molecule has 1 aromatic heterocycles. The maximum atomic E-state index is 11.0. The zero-order chi connectivity index (χ0) is 9.84. The quantitative estimate of drug-likeness (QED) is 0.522. The number of nitro groups is 1. The van der Waals surface area contributed by atoms with E-state index in [-0.39, 0.29) is 17.8 Å². The van der Waals surface area contributed by atoms with Gasteiger partial charge in [-0.25, -0.2) is 9.78 Å². The van der Waals surface area contributed by atoms with Crippen molar-refractivity contribution in [2.24, 2.45) is 0 Å². The largest absolute Gasteiger partial charge is 0.358 e. The van der Waals surface area contributed by atoms with E-state index in [0.717, 1.165) is 6.07 Å². The van der Waals surface area contributed by atoms with E-state index in [1.54, 1.807) is 6.07 Å². The van der Waals surface area contributed by atoms with Crippen LogP contribution in [-0.2, 0) is 6.42 Å². The Bertz CT molecular complexity index is 429. The lowest BCUT2D eigenvalue weighted by molar-refractivity contribution is -0.389. The highest BCUT2D eigenvalue weighted by Gasteiger charge is 2.07. The maximum absolute atomic E-state index is 11.0. The van der Waals surface area contributed by atoms with Crippen molar-refractivity contribution < 1.29 is 4.92 Å². The molecule has 6 heteroatoms. The highest BCUT2D eigenvalue weighted by molar-refractivity contribution is 5.24. The maximum Gasteiger partial charge on any atom is 0.336 e. The Balaban J connectivity index is 3.15. The van der Waals surface area contributed by atoms with Crippen LogP contribution in [0, 0.1) is 21.4 Å². The summed E-state index contributed by atoms with van der Waals surface area (Å²) in [5.41, 5.74) is -0.358. The normalized spacial score (nSPS) is 9.15. The van der Waals surface area contributed by atoms with E-state index in [0.29, 0.717) is 0 Å². The molecule has 0 fully saturated rings. The van der Waals surface area contributed by atoms with Gasteiger partial charge in [-0.1, -0.05) is 0 Å². The van der Waals surface area contributed by atoms with E-state index < -0.39 is 10.5 Å². The van der Waals surface area contributed by atoms with Gasteiger partial charge in [-0.2, -0.15) is 5.26 Å². The first kappa shape index (κ1) is 8.93. The van der Waals surface area contributed by atoms with Crippen LogP contribution in [0.2, 0.25) is 0 Å². The lowest BCUT2D eigenvalue weighted by atomic mass is 10.2. The third-order valence-electron chi connectivity index (χ3n) is 1.44. The van der Waals surface area contributed by atoms with Gasteiger partial charge in [0.05, 0.1) is 18.1 Å². The third kappa shape index (κ3) is 1.90. The van der Waals surface area contributed by atoms with Gasteiger partial charge in [0.2, 0.25) is 0 Å². The van der Waals surface area contributed by atoms with Crippen molar-refractivity contribution >= 4 is 5.82 Å².